The summed E-state index contributed by atoms with van der Waals surface area (Å²) in [4.78, 5) is 28.4. The van der Waals surface area contributed by atoms with Crippen LogP contribution in [-0.2, 0) is 26.2 Å². The second-order valence-corrected chi connectivity index (χ2v) is 11.2. The Hall–Kier alpha value is -4.05. The third-order valence-electron chi connectivity index (χ3n) is 6.42. The minimum Gasteiger partial charge on any atom is -0.497 e. The SMILES string of the molecule is CCCNC(=O)[C@@H](C)N(Cc1cccc(OC)c1)C(=O)CN(c1cc(C)ccc1OC)S(=O)(=O)c1ccccc1. The molecule has 3 aromatic rings. The van der Waals surface area contributed by atoms with Crippen LogP contribution in [0.4, 0.5) is 5.69 Å². The quantitative estimate of drug-likeness (QED) is 0.333. The molecule has 0 unspecified atom stereocenters. The maximum Gasteiger partial charge on any atom is 0.264 e. The number of ether oxygens (including phenoxy) is 2. The highest BCUT2D eigenvalue weighted by Crippen LogP contribution is 2.33. The van der Waals surface area contributed by atoms with Gasteiger partial charge in [-0.05, 0) is 67.8 Å². The van der Waals surface area contributed by atoms with E-state index in [1.54, 1.807) is 68.6 Å². The molecule has 0 saturated heterocycles. The van der Waals surface area contributed by atoms with Crippen molar-refractivity contribution in [2.24, 2.45) is 0 Å². The summed E-state index contributed by atoms with van der Waals surface area (Å²) in [5, 5.41) is 2.83. The Morgan fingerprint density at radius 3 is 2.33 bits per heavy atom. The summed E-state index contributed by atoms with van der Waals surface area (Å²) in [6.45, 7) is 5.37. The number of methoxy groups -OCH3 is 2. The van der Waals surface area contributed by atoms with E-state index < -0.39 is 28.5 Å². The fraction of sp³-hybridized carbons (Fsp3) is 0.333. The van der Waals surface area contributed by atoms with Crippen LogP contribution in [0.1, 0.15) is 31.4 Å². The molecule has 10 heteroatoms. The lowest BCUT2D eigenvalue weighted by Crippen LogP contribution is -2.51. The molecule has 0 heterocycles. The van der Waals surface area contributed by atoms with Crippen molar-refractivity contribution in [3.8, 4) is 11.5 Å². The molecule has 2 amide bonds. The van der Waals surface area contributed by atoms with Crippen molar-refractivity contribution < 1.29 is 27.5 Å². The lowest BCUT2D eigenvalue weighted by atomic mass is 10.1. The van der Waals surface area contributed by atoms with Gasteiger partial charge >= 0.3 is 0 Å². The minimum atomic E-state index is -4.19. The molecule has 9 nitrogen and oxygen atoms in total. The molecular weight excluding hydrogens is 530 g/mol. The molecular formula is C30H37N3O6S. The number of carbonyl (C=O) groups is 2. The minimum absolute atomic E-state index is 0.0273. The number of anilines is 1. The molecule has 214 valence electrons. The number of benzene rings is 3. The molecule has 1 N–H and O–H groups in total. The number of nitrogens with one attached hydrogen (secondary N) is 1. The largest absolute Gasteiger partial charge is 0.497 e. The van der Waals surface area contributed by atoms with Gasteiger partial charge in [0, 0.05) is 13.1 Å². The topological polar surface area (TPSA) is 105 Å². The van der Waals surface area contributed by atoms with Crippen molar-refractivity contribution in [1.82, 2.24) is 10.2 Å². The highest BCUT2D eigenvalue weighted by Gasteiger charge is 2.33. The molecule has 3 rings (SSSR count). The molecule has 0 radical (unpaired) electrons. The fourth-order valence-corrected chi connectivity index (χ4v) is 5.61. The van der Waals surface area contributed by atoms with E-state index in [2.05, 4.69) is 5.32 Å². The molecule has 40 heavy (non-hydrogen) atoms. The number of amides is 2. The van der Waals surface area contributed by atoms with E-state index >= 15 is 0 Å². The Morgan fingerprint density at radius 2 is 1.68 bits per heavy atom. The van der Waals surface area contributed by atoms with Crippen LogP contribution >= 0.6 is 0 Å². The number of aryl methyl sites for hydroxylation is 1. The average Bonchev–Trinajstić information content (AvgIpc) is 2.97. The highest BCUT2D eigenvalue weighted by atomic mass is 32.2. The molecule has 0 fully saturated rings. The smallest absolute Gasteiger partial charge is 0.264 e. The highest BCUT2D eigenvalue weighted by molar-refractivity contribution is 7.92. The van der Waals surface area contributed by atoms with Crippen LogP contribution in [-0.4, -0.2) is 58.5 Å². The zero-order valence-corrected chi connectivity index (χ0v) is 24.4. The Balaban J connectivity index is 2.08. The predicted molar refractivity (Wildman–Crippen MR) is 155 cm³/mol. The van der Waals surface area contributed by atoms with Gasteiger partial charge < -0.3 is 19.7 Å². The second-order valence-electron chi connectivity index (χ2n) is 9.34. The molecule has 1 atom stereocenters. The molecule has 3 aromatic carbocycles. The Morgan fingerprint density at radius 1 is 0.950 bits per heavy atom. The van der Waals surface area contributed by atoms with Crippen LogP contribution in [0.2, 0.25) is 0 Å². The number of carbonyl (C=O) groups excluding carboxylic acids is 2. The number of nitrogens with zero attached hydrogens (tertiary/aromatic N) is 2. The zero-order valence-electron chi connectivity index (χ0n) is 23.6. The Labute approximate surface area is 236 Å². The third kappa shape index (κ3) is 7.32. The first kappa shape index (κ1) is 30.5. The van der Waals surface area contributed by atoms with Gasteiger partial charge in [-0.25, -0.2) is 8.42 Å². The monoisotopic (exact) mass is 567 g/mol. The maximum absolute atomic E-state index is 14.0. The van der Waals surface area contributed by atoms with Crippen LogP contribution in [0, 0.1) is 6.92 Å². The fourth-order valence-electron chi connectivity index (χ4n) is 4.17. The molecule has 0 bridgehead atoms. The van der Waals surface area contributed by atoms with Gasteiger partial charge in [0.15, 0.2) is 0 Å². The van der Waals surface area contributed by atoms with Gasteiger partial charge in [-0.2, -0.15) is 0 Å². The summed E-state index contributed by atoms with van der Waals surface area (Å²) in [7, 11) is -1.20. The number of hydrogen-bond acceptors (Lipinski definition) is 6. The van der Waals surface area contributed by atoms with E-state index in [0.717, 1.165) is 21.9 Å². The molecule has 0 spiro atoms. The van der Waals surface area contributed by atoms with Crippen LogP contribution in [0.25, 0.3) is 0 Å². The Kier molecular flexibility index (Phi) is 10.6. The molecule has 0 aliphatic rings. The van der Waals surface area contributed by atoms with E-state index in [-0.39, 0.29) is 23.0 Å². The number of rotatable bonds is 13. The van der Waals surface area contributed by atoms with Crippen molar-refractivity contribution >= 4 is 27.5 Å². The van der Waals surface area contributed by atoms with Crippen molar-refractivity contribution in [3.05, 3.63) is 83.9 Å². The lowest BCUT2D eigenvalue weighted by Gasteiger charge is -2.32. The van der Waals surface area contributed by atoms with Crippen molar-refractivity contribution in [2.45, 2.75) is 44.7 Å². The van der Waals surface area contributed by atoms with Gasteiger partial charge in [-0.3, -0.25) is 13.9 Å². The number of hydrogen-bond donors (Lipinski definition) is 1. The van der Waals surface area contributed by atoms with E-state index in [9.17, 15) is 18.0 Å². The summed E-state index contributed by atoms with van der Waals surface area (Å²) in [5.74, 6) is 0.0190. The Bertz CT molecular complexity index is 1410. The maximum atomic E-state index is 14.0. The van der Waals surface area contributed by atoms with Crippen LogP contribution in [0.15, 0.2) is 77.7 Å². The van der Waals surface area contributed by atoms with Crippen molar-refractivity contribution in [3.63, 3.8) is 0 Å². The van der Waals surface area contributed by atoms with Gasteiger partial charge in [-0.15, -0.1) is 0 Å². The first-order valence-corrected chi connectivity index (χ1v) is 14.5. The average molecular weight is 568 g/mol. The third-order valence-corrected chi connectivity index (χ3v) is 8.19. The van der Waals surface area contributed by atoms with Crippen LogP contribution in [0.5, 0.6) is 11.5 Å². The van der Waals surface area contributed by atoms with E-state index in [4.69, 9.17) is 9.47 Å². The van der Waals surface area contributed by atoms with Crippen molar-refractivity contribution in [2.75, 3.05) is 31.6 Å². The zero-order chi connectivity index (χ0) is 29.3. The predicted octanol–water partition coefficient (Wildman–Crippen LogP) is 4.15. The first-order chi connectivity index (χ1) is 19.1. The molecule has 0 aliphatic carbocycles. The van der Waals surface area contributed by atoms with Crippen molar-refractivity contribution in [1.29, 1.82) is 0 Å². The summed E-state index contributed by atoms with van der Waals surface area (Å²) >= 11 is 0. The molecule has 0 aliphatic heterocycles. The van der Waals surface area contributed by atoms with Crippen LogP contribution in [0.3, 0.4) is 0 Å². The van der Waals surface area contributed by atoms with Gasteiger partial charge in [0.25, 0.3) is 10.0 Å². The number of sulfonamides is 1. The second kappa shape index (κ2) is 13.8. The van der Waals surface area contributed by atoms with E-state index in [1.165, 1.54) is 24.1 Å². The first-order valence-electron chi connectivity index (χ1n) is 13.0. The van der Waals surface area contributed by atoms with Crippen LogP contribution < -0.4 is 19.1 Å². The van der Waals surface area contributed by atoms with E-state index in [0.29, 0.717) is 18.0 Å². The van der Waals surface area contributed by atoms with Gasteiger partial charge in [0.2, 0.25) is 11.8 Å². The standard InChI is InChI=1S/C30H37N3O6S/c1-6-17-31-30(35)23(3)32(20-24-11-10-12-25(19-24)38-4)29(34)21-33(27-18-22(2)15-16-28(27)39-5)40(36,37)26-13-8-7-9-14-26/h7-16,18-19,23H,6,17,20-21H2,1-5H3,(H,31,35)/t23-/m1/s1. The van der Waals surface area contributed by atoms with Gasteiger partial charge in [0.05, 0.1) is 24.8 Å². The molecule has 0 saturated carbocycles. The summed E-state index contributed by atoms with van der Waals surface area (Å²) in [6.07, 6.45) is 0.735. The normalized spacial score (nSPS) is 11.8. The van der Waals surface area contributed by atoms with Gasteiger partial charge in [-0.1, -0.05) is 43.3 Å². The van der Waals surface area contributed by atoms with E-state index in [1.807, 2.05) is 19.9 Å². The summed E-state index contributed by atoms with van der Waals surface area (Å²) in [5.41, 5.74) is 1.75. The molecule has 0 aromatic heterocycles. The lowest BCUT2D eigenvalue weighted by molar-refractivity contribution is -0.139. The summed E-state index contributed by atoms with van der Waals surface area (Å²) in [6, 6.07) is 19.3. The summed E-state index contributed by atoms with van der Waals surface area (Å²) < 4.78 is 39.8. The van der Waals surface area contributed by atoms with Gasteiger partial charge in [0.1, 0.15) is 24.1 Å².